The zero-order valence-electron chi connectivity index (χ0n) is 23.3. The average Bonchev–Trinajstić information content (AvgIpc) is 3.40. The van der Waals surface area contributed by atoms with E-state index in [0.717, 1.165) is 42.5 Å². The van der Waals surface area contributed by atoms with Crippen molar-refractivity contribution in [2.45, 2.75) is 37.8 Å². The predicted molar refractivity (Wildman–Crippen MR) is 163 cm³/mol. The average molecular weight is 580 g/mol. The molecule has 41 heavy (non-hydrogen) atoms. The van der Waals surface area contributed by atoms with Gasteiger partial charge in [-0.3, -0.25) is 9.69 Å². The molecule has 1 amide bonds. The fourth-order valence-corrected chi connectivity index (χ4v) is 6.41. The first kappa shape index (κ1) is 30.1. The number of carboxylic acid groups (broad SMARTS) is 1. The third kappa shape index (κ3) is 7.66. The molecule has 0 aliphatic carbocycles. The summed E-state index contributed by atoms with van der Waals surface area (Å²) in [4.78, 5) is 24.6. The van der Waals surface area contributed by atoms with Gasteiger partial charge in [0.25, 0.3) is 0 Å². The van der Waals surface area contributed by atoms with E-state index < -0.39 is 18.0 Å². The molecule has 0 radical (unpaired) electrons. The van der Waals surface area contributed by atoms with Crippen LogP contribution in [0.4, 0.5) is 5.69 Å². The highest BCUT2D eigenvalue weighted by molar-refractivity contribution is 7.19. The van der Waals surface area contributed by atoms with Crippen molar-refractivity contribution in [3.05, 3.63) is 71.1 Å². The summed E-state index contributed by atoms with van der Waals surface area (Å²) in [6.45, 7) is 7.29. The molecule has 1 saturated heterocycles. The lowest BCUT2D eigenvalue weighted by Gasteiger charge is -2.38. The Labute approximate surface area is 243 Å². The van der Waals surface area contributed by atoms with E-state index in [2.05, 4.69) is 41.9 Å². The second-order valence-electron chi connectivity index (χ2n) is 10.2. The molecule has 218 valence electrons. The van der Waals surface area contributed by atoms with Gasteiger partial charge in [-0.05, 0) is 80.1 Å². The second-order valence-corrected chi connectivity index (χ2v) is 11.3. The lowest BCUT2D eigenvalue weighted by Crippen LogP contribution is -2.45. The third-order valence-electron chi connectivity index (χ3n) is 7.38. The van der Waals surface area contributed by atoms with Gasteiger partial charge in [0.15, 0.2) is 0 Å². The summed E-state index contributed by atoms with van der Waals surface area (Å²) in [7, 11) is 1.70. The molecule has 3 heterocycles. The summed E-state index contributed by atoms with van der Waals surface area (Å²) in [6.07, 6.45) is 4.12. The van der Waals surface area contributed by atoms with Crippen molar-refractivity contribution >= 4 is 45.1 Å². The van der Waals surface area contributed by atoms with Crippen molar-refractivity contribution in [2.24, 2.45) is 5.73 Å². The predicted octanol–water partition coefficient (Wildman–Crippen LogP) is 4.47. The Morgan fingerprint density at radius 1 is 1.29 bits per heavy atom. The number of nitrogens with zero attached hydrogens (tertiary/aromatic N) is 1. The molecule has 0 spiro atoms. The van der Waals surface area contributed by atoms with Gasteiger partial charge >= 0.3 is 5.97 Å². The van der Waals surface area contributed by atoms with Gasteiger partial charge in [-0.15, -0.1) is 11.3 Å². The van der Waals surface area contributed by atoms with E-state index in [1.54, 1.807) is 13.2 Å². The van der Waals surface area contributed by atoms with Crippen LogP contribution in [0.1, 0.15) is 36.1 Å². The van der Waals surface area contributed by atoms with Gasteiger partial charge in [0.05, 0.1) is 7.11 Å². The molecule has 0 bridgehead atoms. The largest absolute Gasteiger partial charge is 0.497 e. The highest BCUT2D eigenvalue weighted by Crippen LogP contribution is 2.39. The molecule has 3 aromatic rings. The number of fused-ring (bicyclic) bond motifs is 2. The highest BCUT2D eigenvalue weighted by Gasteiger charge is 2.29. The van der Waals surface area contributed by atoms with Crippen LogP contribution in [0.15, 0.2) is 60.7 Å². The van der Waals surface area contributed by atoms with E-state index in [1.807, 2.05) is 35.6 Å². The molecule has 9 nitrogen and oxygen atoms in total. The molecule has 0 saturated carbocycles. The van der Waals surface area contributed by atoms with Crippen LogP contribution in [-0.2, 0) is 9.59 Å². The van der Waals surface area contributed by atoms with E-state index in [0.29, 0.717) is 36.4 Å². The summed E-state index contributed by atoms with van der Waals surface area (Å²) >= 11 is 1.86. The lowest BCUT2D eigenvalue weighted by molar-refractivity contribution is -0.131. The standard InChI is InChI=1S/C28H33N3O4S.C3H4O2/c1-17-10-19(26-12-18-6-7-22(34-2)13-27(18)36-26)8-9-31(17)15-21(32)16-35-25-5-3-4-24-23(25)11-20(14-30-24)28(29)33;1-2-3(4)5/h3-7,11-13,17,19,21,30,32H,8-10,14-16H2,1-2H3,(H2,29,33);2H,1H2,(H,4,5)/t17-,19?,21?;/m0./s1. The maximum absolute atomic E-state index is 11.6. The number of amides is 1. The van der Waals surface area contributed by atoms with E-state index in [1.165, 1.54) is 15.0 Å². The number of nitrogens with one attached hydrogen (secondary N) is 1. The van der Waals surface area contributed by atoms with Crippen LogP contribution in [0, 0.1) is 0 Å². The van der Waals surface area contributed by atoms with E-state index in [9.17, 15) is 14.7 Å². The number of rotatable bonds is 9. The first-order valence-electron chi connectivity index (χ1n) is 13.5. The van der Waals surface area contributed by atoms with Crippen molar-refractivity contribution in [3.8, 4) is 11.5 Å². The maximum Gasteiger partial charge on any atom is 0.327 e. The zero-order valence-corrected chi connectivity index (χ0v) is 24.2. The lowest BCUT2D eigenvalue weighted by atomic mass is 9.90. The number of β-amino-alcohol motifs (C(OH)–C–C–N with tert-alkyl or cyclic N) is 1. The minimum Gasteiger partial charge on any atom is -0.497 e. The fourth-order valence-electron chi connectivity index (χ4n) is 5.17. The fraction of sp³-hybridized carbons (Fsp3) is 0.355. The number of carbonyl (C=O) groups excluding carboxylic acids is 1. The minimum absolute atomic E-state index is 0.182. The molecule has 5 N–H and O–H groups in total. The van der Waals surface area contributed by atoms with Gasteiger partial charge in [0.2, 0.25) is 5.91 Å². The van der Waals surface area contributed by atoms with Crippen LogP contribution >= 0.6 is 11.3 Å². The van der Waals surface area contributed by atoms with Crippen LogP contribution in [0.2, 0.25) is 0 Å². The van der Waals surface area contributed by atoms with E-state index in [4.69, 9.17) is 20.3 Å². The topological polar surface area (TPSA) is 134 Å². The number of hydrogen-bond acceptors (Lipinski definition) is 8. The Morgan fingerprint density at radius 3 is 2.76 bits per heavy atom. The molecule has 10 heteroatoms. The number of nitrogens with two attached hydrogens (primary N) is 1. The quantitative estimate of drug-likeness (QED) is 0.273. The molecule has 2 unspecified atom stereocenters. The third-order valence-corrected chi connectivity index (χ3v) is 8.64. The number of methoxy groups -OCH3 is 1. The smallest absolute Gasteiger partial charge is 0.327 e. The van der Waals surface area contributed by atoms with Gasteiger partial charge in [-0.25, -0.2) is 4.79 Å². The number of primary amides is 1. The van der Waals surface area contributed by atoms with Crippen LogP contribution in [0.25, 0.3) is 16.2 Å². The monoisotopic (exact) mass is 579 g/mol. The number of benzene rings is 2. The zero-order chi connectivity index (χ0) is 29.5. The van der Waals surface area contributed by atoms with Crippen molar-refractivity contribution < 1.29 is 29.3 Å². The summed E-state index contributed by atoms with van der Waals surface area (Å²) in [6, 6.07) is 14.6. The number of piperidine rings is 1. The Morgan fingerprint density at radius 2 is 2.07 bits per heavy atom. The molecular weight excluding hydrogens is 542 g/mol. The summed E-state index contributed by atoms with van der Waals surface area (Å²) in [5.41, 5.74) is 7.64. The Bertz CT molecular complexity index is 1430. The highest BCUT2D eigenvalue weighted by atomic mass is 32.1. The molecule has 1 aromatic heterocycles. The number of ether oxygens (including phenoxy) is 2. The van der Waals surface area contributed by atoms with Crippen molar-refractivity contribution in [3.63, 3.8) is 0 Å². The molecular formula is C31H37N3O6S. The number of aliphatic hydroxyl groups excluding tert-OH is 1. The van der Waals surface area contributed by atoms with Crippen molar-refractivity contribution in [1.29, 1.82) is 0 Å². The van der Waals surface area contributed by atoms with Crippen molar-refractivity contribution in [2.75, 3.05) is 38.7 Å². The second kappa shape index (κ2) is 13.7. The van der Waals surface area contributed by atoms with Crippen LogP contribution in [-0.4, -0.2) is 72.5 Å². The van der Waals surface area contributed by atoms with Crippen LogP contribution in [0.5, 0.6) is 11.5 Å². The Hall–Kier alpha value is -3.86. The van der Waals surface area contributed by atoms with Gasteiger partial charge < -0.3 is 30.7 Å². The summed E-state index contributed by atoms with van der Waals surface area (Å²) < 4.78 is 12.6. The van der Waals surface area contributed by atoms with Crippen LogP contribution in [0.3, 0.4) is 0 Å². The molecule has 2 aliphatic rings. The minimum atomic E-state index is -0.981. The van der Waals surface area contributed by atoms with E-state index >= 15 is 0 Å². The normalized spacial score (nSPS) is 19.0. The first-order chi connectivity index (χ1) is 19.7. The molecule has 3 atom stereocenters. The van der Waals surface area contributed by atoms with Gasteiger partial charge in [-0.1, -0.05) is 12.6 Å². The number of aliphatic hydroxyl groups is 1. The molecule has 1 fully saturated rings. The first-order valence-corrected chi connectivity index (χ1v) is 14.3. The molecule has 5 rings (SSSR count). The SMILES string of the molecule is C=CC(=O)O.COc1ccc2cc(C3CCN(CC(O)COc4cccc5c4C=C(C(N)=O)CN5)[C@@H](C)C3)sc2c1. The van der Waals surface area contributed by atoms with Gasteiger partial charge in [0, 0.05) is 51.6 Å². The van der Waals surface area contributed by atoms with Crippen LogP contribution < -0.4 is 20.5 Å². The Kier molecular flexibility index (Phi) is 10.0. The maximum atomic E-state index is 11.6. The number of likely N-dealkylation sites (tertiary alicyclic amines) is 1. The number of anilines is 1. The van der Waals surface area contributed by atoms with Gasteiger partial charge in [-0.2, -0.15) is 0 Å². The summed E-state index contributed by atoms with van der Waals surface area (Å²) in [5.74, 6) is 0.626. The Balaban J connectivity index is 0.000000714. The summed E-state index contributed by atoms with van der Waals surface area (Å²) in [5, 5.41) is 22.8. The number of carboxylic acids is 1. The van der Waals surface area contributed by atoms with E-state index in [-0.39, 0.29) is 6.61 Å². The molecule has 2 aliphatic heterocycles. The number of carbonyl (C=O) groups is 2. The molecule has 2 aromatic carbocycles. The van der Waals surface area contributed by atoms with Gasteiger partial charge in [0.1, 0.15) is 24.2 Å². The number of hydrogen-bond donors (Lipinski definition) is 4. The number of thiophene rings is 1. The number of aliphatic carboxylic acids is 1. The van der Waals surface area contributed by atoms with Crippen molar-refractivity contribution in [1.82, 2.24) is 4.90 Å².